The van der Waals surface area contributed by atoms with Gasteiger partial charge >= 0.3 is 0 Å². The van der Waals surface area contributed by atoms with E-state index in [4.69, 9.17) is 9.15 Å². The van der Waals surface area contributed by atoms with Crippen LogP contribution in [-0.4, -0.2) is 26.2 Å². The molecule has 1 heterocycles. The summed E-state index contributed by atoms with van der Waals surface area (Å²) in [6.07, 6.45) is 1.66. The first-order chi connectivity index (χ1) is 10.7. The standard InChI is InChI=1S/C17H23N3O2/c1-13-6-4-7-14(2)16(13)22-11-9-19-17(18-3)20-12-15-8-5-10-21-15/h4-8,10H,9,11-12H2,1-3H3,(H2,18,19,20). The van der Waals surface area contributed by atoms with E-state index in [1.807, 2.05) is 18.2 Å². The number of hydrogen-bond acceptors (Lipinski definition) is 3. The largest absolute Gasteiger partial charge is 0.491 e. The number of benzene rings is 1. The molecule has 0 fully saturated rings. The maximum absolute atomic E-state index is 5.85. The summed E-state index contributed by atoms with van der Waals surface area (Å²) >= 11 is 0. The van der Waals surface area contributed by atoms with Crippen LogP contribution >= 0.6 is 0 Å². The second-order valence-electron chi connectivity index (χ2n) is 5.00. The molecule has 5 nitrogen and oxygen atoms in total. The van der Waals surface area contributed by atoms with Crippen molar-refractivity contribution in [3.8, 4) is 5.75 Å². The Morgan fingerprint density at radius 3 is 2.55 bits per heavy atom. The lowest BCUT2D eigenvalue weighted by Gasteiger charge is -2.14. The number of guanidine groups is 1. The highest BCUT2D eigenvalue weighted by Gasteiger charge is 2.03. The minimum Gasteiger partial charge on any atom is -0.491 e. The summed E-state index contributed by atoms with van der Waals surface area (Å²) < 4.78 is 11.1. The van der Waals surface area contributed by atoms with E-state index in [1.165, 1.54) is 0 Å². The summed E-state index contributed by atoms with van der Waals surface area (Å²) in [6, 6.07) is 9.94. The minimum atomic E-state index is 0.577. The number of nitrogens with zero attached hydrogens (tertiary/aromatic N) is 1. The van der Waals surface area contributed by atoms with Crippen LogP contribution < -0.4 is 15.4 Å². The van der Waals surface area contributed by atoms with Gasteiger partial charge in [-0.2, -0.15) is 0 Å². The van der Waals surface area contributed by atoms with Crippen molar-refractivity contribution in [1.29, 1.82) is 0 Å². The van der Waals surface area contributed by atoms with Gasteiger partial charge in [0.2, 0.25) is 0 Å². The number of hydrogen-bond donors (Lipinski definition) is 2. The van der Waals surface area contributed by atoms with E-state index >= 15 is 0 Å². The molecule has 1 aromatic heterocycles. The van der Waals surface area contributed by atoms with Gasteiger partial charge in [-0.05, 0) is 37.1 Å². The van der Waals surface area contributed by atoms with Crippen LogP contribution in [0.4, 0.5) is 0 Å². The van der Waals surface area contributed by atoms with Gasteiger partial charge in [-0.1, -0.05) is 18.2 Å². The highest BCUT2D eigenvalue weighted by Crippen LogP contribution is 2.21. The third-order valence-corrected chi connectivity index (χ3v) is 3.28. The summed E-state index contributed by atoms with van der Waals surface area (Å²) in [5, 5.41) is 6.40. The Morgan fingerprint density at radius 2 is 1.91 bits per heavy atom. The summed E-state index contributed by atoms with van der Waals surface area (Å²) in [5.41, 5.74) is 2.31. The highest BCUT2D eigenvalue weighted by molar-refractivity contribution is 5.79. The Morgan fingerprint density at radius 1 is 1.14 bits per heavy atom. The van der Waals surface area contributed by atoms with E-state index < -0.39 is 0 Å². The summed E-state index contributed by atoms with van der Waals surface area (Å²) in [6.45, 7) is 5.96. The zero-order valence-corrected chi connectivity index (χ0v) is 13.3. The molecule has 0 aliphatic rings. The summed E-state index contributed by atoms with van der Waals surface area (Å²) in [7, 11) is 1.74. The van der Waals surface area contributed by atoms with Crippen molar-refractivity contribution < 1.29 is 9.15 Å². The van der Waals surface area contributed by atoms with Crippen molar-refractivity contribution in [3.05, 3.63) is 53.5 Å². The summed E-state index contributed by atoms with van der Waals surface area (Å²) in [5.74, 6) is 2.55. The molecule has 118 valence electrons. The van der Waals surface area contributed by atoms with Crippen molar-refractivity contribution >= 4 is 5.96 Å². The maximum Gasteiger partial charge on any atom is 0.191 e. The molecular formula is C17H23N3O2. The van der Waals surface area contributed by atoms with Crippen molar-refractivity contribution in [1.82, 2.24) is 10.6 Å². The first-order valence-corrected chi connectivity index (χ1v) is 7.36. The van der Waals surface area contributed by atoms with Gasteiger partial charge in [0, 0.05) is 7.05 Å². The molecule has 0 aliphatic heterocycles. The van der Waals surface area contributed by atoms with Crippen LogP contribution in [0.25, 0.3) is 0 Å². The molecule has 2 rings (SSSR count). The van der Waals surface area contributed by atoms with Crippen molar-refractivity contribution in [3.63, 3.8) is 0 Å². The van der Waals surface area contributed by atoms with E-state index in [-0.39, 0.29) is 0 Å². The van der Waals surface area contributed by atoms with Gasteiger partial charge in [-0.3, -0.25) is 4.99 Å². The van der Waals surface area contributed by atoms with E-state index in [2.05, 4.69) is 41.6 Å². The van der Waals surface area contributed by atoms with Gasteiger partial charge in [0.15, 0.2) is 5.96 Å². The smallest absolute Gasteiger partial charge is 0.191 e. The lowest BCUT2D eigenvalue weighted by atomic mass is 10.1. The molecule has 2 N–H and O–H groups in total. The number of aliphatic imine (C=N–C) groups is 1. The van der Waals surface area contributed by atoms with Crippen molar-refractivity contribution in [2.45, 2.75) is 20.4 Å². The van der Waals surface area contributed by atoms with Gasteiger partial charge in [-0.15, -0.1) is 0 Å². The zero-order valence-electron chi connectivity index (χ0n) is 13.3. The molecule has 22 heavy (non-hydrogen) atoms. The molecule has 5 heteroatoms. The highest BCUT2D eigenvalue weighted by atomic mass is 16.5. The zero-order chi connectivity index (χ0) is 15.8. The van der Waals surface area contributed by atoms with Gasteiger partial charge in [0.1, 0.15) is 18.1 Å². The molecule has 2 aromatic rings. The predicted molar refractivity (Wildman–Crippen MR) is 88.3 cm³/mol. The molecule has 0 spiro atoms. The maximum atomic E-state index is 5.85. The number of nitrogens with one attached hydrogen (secondary N) is 2. The van der Waals surface area contributed by atoms with Crippen LogP contribution in [0.5, 0.6) is 5.75 Å². The average Bonchev–Trinajstić information content (AvgIpc) is 3.02. The molecular weight excluding hydrogens is 278 g/mol. The van der Waals surface area contributed by atoms with Crippen LogP contribution in [0.2, 0.25) is 0 Å². The third-order valence-electron chi connectivity index (χ3n) is 3.28. The SMILES string of the molecule is CN=C(NCCOc1c(C)cccc1C)NCc1ccco1. The number of rotatable bonds is 6. The van der Waals surface area contributed by atoms with Crippen LogP contribution in [0.3, 0.4) is 0 Å². The van der Waals surface area contributed by atoms with Gasteiger partial charge in [0.05, 0.1) is 19.4 Å². The first-order valence-electron chi connectivity index (χ1n) is 7.36. The van der Waals surface area contributed by atoms with Crippen LogP contribution in [0.1, 0.15) is 16.9 Å². The Kier molecular flexibility index (Phi) is 5.89. The fourth-order valence-electron chi connectivity index (χ4n) is 2.15. The van der Waals surface area contributed by atoms with Crippen LogP contribution in [0, 0.1) is 13.8 Å². The minimum absolute atomic E-state index is 0.577. The second-order valence-corrected chi connectivity index (χ2v) is 5.00. The normalized spacial score (nSPS) is 11.3. The molecule has 0 bridgehead atoms. The topological polar surface area (TPSA) is 58.8 Å². The number of ether oxygens (including phenoxy) is 1. The Balaban J connectivity index is 1.73. The summed E-state index contributed by atoms with van der Waals surface area (Å²) in [4.78, 5) is 4.16. The quantitative estimate of drug-likeness (QED) is 0.489. The Labute approximate surface area is 131 Å². The fourth-order valence-corrected chi connectivity index (χ4v) is 2.15. The van der Waals surface area contributed by atoms with Crippen LogP contribution in [-0.2, 0) is 6.54 Å². The number of furan rings is 1. The lowest BCUT2D eigenvalue weighted by molar-refractivity contribution is 0.317. The third kappa shape index (κ3) is 4.55. The fraction of sp³-hybridized carbons (Fsp3) is 0.353. The molecule has 0 saturated heterocycles. The monoisotopic (exact) mass is 301 g/mol. The molecule has 0 radical (unpaired) electrons. The second kappa shape index (κ2) is 8.12. The lowest BCUT2D eigenvalue weighted by Crippen LogP contribution is -2.38. The van der Waals surface area contributed by atoms with E-state index in [9.17, 15) is 0 Å². The predicted octanol–water partition coefficient (Wildman–Crippen LogP) is 2.64. The Bertz CT molecular complexity index is 586. The molecule has 0 saturated carbocycles. The Hall–Kier alpha value is -2.43. The van der Waals surface area contributed by atoms with E-state index in [1.54, 1.807) is 13.3 Å². The molecule has 0 amide bonds. The van der Waals surface area contributed by atoms with Crippen LogP contribution in [0.15, 0.2) is 46.0 Å². The molecule has 0 aliphatic carbocycles. The van der Waals surface area contributed by atoms with E-state index in [0.717, 1.165) is 28.6 Å². The molecule has 1 aromatic carbocycles. The first kappa shape index (κ1) is 15.9. The number of aryl methyl sites for hydroxylation is 2. The van der Waals surface area contributed by atoms with E-state index in [0.29, 0.717) is 19.7 Å². The van der Waals surface area contributed by atoms with Crippen molar-refractivity contribution in [2.24, 2.45) is 4.99 Å². The van der Waals surface area contributed by atoms with Crippen molar-refractivity contribution in [2.75, 3.05) is 20.2 Å². The number of para-hydroxylation sites is 1. The molecule has 0 unspecified atom stereocenters. The van der Waals surface area contributed by atoms with Gasteiger partial charge in [-0.25, -0.2) is 0 Å². The molecule has 0 atom stereocenters. The van der Waals surface area contributed by atoms with Gasteiger partial charge < -0.3 is 19.8 Å². The van der Waals surface area contributed by atoms with Gasteiger partial charge in [0.25, 0.3) is 0 Å². The average molecular weight is 301 g/mol.